The largest absolute Gasteiger partial charge is 0.302 e. The molecule has 1 unspecified atom stereocenters. The van der Waals surface area contributed by atoms with Crippen LogP contribution in [-0.2, 0) is 0 Å². The van der Waals surface area contributed by atoms with E-state index in [0.29, 0.717) is 12.6 Å². The third-order valence-electron chi connectivity index (χ3n) is 2.01. The van der Waals surface area contributed by atoms with Gasteiger partial charge < -0.3 is 5.32 Å². The van der Waals surface area contributed by atoms with Crippen molar-refractivity contribution in [2.75, 3.05) is 6.54 Å². The third kappa shape index (κ3) is 6.18. The molecule has 0 saturated heterocycles. The van der Waals surface area contributed by atoms with Gasteiger partial charge in [0.1, 0.15) is 0 Å². The quantitative estimate of drug-likeness (QED) is 0.593. The molecule has 0 aromatic carbocycles. The van der Waals surface area contributed by atoms with Crippen molar-refractivity contribution in [1.29, 1.82) is 5.26 Å². The third-order valence-corrected chi connectivity index (χ3v) is 2.01. The van der Waals surface area contributed by atoms with Crippen LogP contribution in [0.2, 0.25) is 0 Å². The molecule has 0 aromatic rings. The van der Waals surface area contributed by atoms with Crippen LogP contribution in [0.4, 0.5) is 0 Å². The first-order valence-corrected chi connectivity index (χ1v) is 4.95. The highest BCUT2D eigenvalue weighted by Gasteiger charge is 2.04. The molecule has 0 heterocycles. The lowest BCUT2D eigenvalue weighted by Gasteiger charge is -2.15. The van der Waals surface area contributed by atoms with Crippen molar-refractivity contribution in [2.45, 2.75) is 52.0 Å². The minimum Gasteiger partial charge on any atom is -0.302 e. The second kappa shape index (κ2) is 8.55. The van der Waals surface area contributed by atoms with Crippen LogP contribution in [0.15, 0.2) is 0 Å². The topological polar surface area (TPSA) is 35.8 Å². The van der Waals surface area contributed by atoms with E-state index in [1.165, 1.54) is 32.1 Å². The summed E-state index contributed by atoms with van der Waals surface area (Å²) in [7, 11) is 0. The SMILES string of the molecule is CCCCC(CCC)NCC#N. The summed E-state index contributed by atoms with van der Waals surface area (Å²) in [6, 6.07) is 2.69. The molecular formula is C10H20N2. The summed E-state index contributed by atoms with van der Waals surface area (Å²) < 4.78 is 0. The molecule has 12 heavy (non-hydrogen) atoms. The van der Waals surface area contributed by atoms with Crippen molar-refractivity contribution in [3.8, 4) is 6.07 Å². The number of hydrogen-bond acceptors (Lipinski definition) is 2. The number of rotatable bonds is 7. The van der Waals surface area contributed by atoms with Gasteiger partial charge in [-0.15, -0.1) is 0 Å². The molecule has 0 aromatic heterocycles. The van der Waals surface area contributed by atoms with Crippen LogP contribution in [0.5, 0.6) is 0 Å². The zero-order valence-corrected chi connectivity index (χ0v) is 8.27. The molecule has 0 amide bonds. The van der Waals surface area contributed by atoms with Crippen LogP contribution in [0.1, 0.15) is 46.0 Å². The molecule has 70 valence electrons. The molecule has 0 bridgehead atoms. The lowest BCUT2D eigenvalue weighted by atomic mass is 10.1. The number of nitrogens with zero attached hydrogens (tertiary/aromatic N) is 1. The monoisotopic (exact) mass is 168 g/mol. The molecule has 2 nitrogen and oxygen atoms in total. The Kier molecular flexibility index (Phi) is 8.15. The predicted octanol–water partition coefficient (Wildman–Crippen LogP) is 2.46. The van der Waals surface area contributed by atoms with Gasteiger partial charge in [-0.2, -0.15) is 5.26 Å². The Labute approximate surface area is 76.0 Å². The van der Waals surface area contributed by atoms with Gasteiger partial charge >= 0.3 is 0 Å². The molecule has 0 spiro atoms. The maximum atomic E-state index is 8.40. The number of hydrogen-bond donors (Lipinski definition) is 1. The zero-order chi connectivity index (χ0) is 9.23. The van der Waals surface area contributed by atoms with Gasteiger partial charge in [0.2, 0.25) is 0 Å². The normalized spacial score (nSPS) is 12.4. The zero-order valence-electron chi connectivity index (χ0n) is 8.27. The molecule has 0 radical (unpaired) electrons. The smallest absolute Gasteiger partial charge is 0.0843 e. The first-order chi connectivity index (χ1) is 5.85. The van der Waals surface area contributed by atoms with Crippen molar-refractivity contribution in [3.05, 3.63) is 0 Å². The lowest BCUT2D eigenvalue weighted by Crippen LogP contribution is -2.29. The Bertz CT molecular complexity index is 126. The van der Waals surface area contributed by atoms with Gasteiger partial charge in [0.05, 0.1) is 12.6 Å². The van der Waals surface area contributed by atoms with Crippen LogP contribution in [0.25, 0.3) is 0 Å². The van der Waals surface area contributed by atoms with Crippen molar-refractivity contribution in [3.63, 3.8) is 0 Å². The molecular weight excluding hydrogens is 148 g/mol. The van der Waals surface area contributed by atoms with Crippen LogP contribution < -0.4 is 5.32 Å². The highest BCUT2D eigenvalue weighted by Crippen LogP contribution is 2.05. The average Bonchev–Trinajstić information content (AvgIpc) is 2.10. The van der Waals surface area contributed by atoms with Gasteiger partial charge in [0.25, 0.3) is 0 Å². The fourth-order valence-electron chi connectivity index (χ4n) is 1.34. The highest BCUT2D eigenvalue weighted by atomic mass is 14.9. The second-order valence-electron chi connectivity index (χ2n) is 3.17. The van der Waals surface area contributed by atoms with Crippen molar-refractivity contribution >= 4 is 0 Å². The van der Waals surface area contributed by atoms with Gasteiger partial charge in [-0.1, -0.05) is 33.1 Å². The molecule has 1 atom stereocenters. The van der Waals surface area contributed by atoms with E-state index in [4.69, 9.17) is 5.26 Å². The summed E-state index contributed by atoms with van der Waals surface area (Å²) in [5, 5.41) is 11.6. The van der Waals surface area contributed by atoms with E-state index in [2.05, 4.69) is 25.2 Å². The van der Waals surface area contributed by atoms with E-state index in [1.54, 1.807) is 0 Å². The molecule has 0 aliphatic heterocycles. The van der Waals surface area contributed by atoms with E-state index >= 15 is 0 Å². The Morgan fingerprint density at radius 1 is 1.25 bits per heavy atom. The van der Waals surface area contributed by atoms with Crippen LogP contribution in [-0.4, -0.2) is 12.6 Å². The molecule has 2 heteroatoms. The fraction of sp³-hybridized carbons (Fsp3) is 0.900. The van der Waals surface area contributed by atoms with Gasteiger partial charge in [0.15, 0.2) is 0 Å². The minimum absolute atomic E-state index is 0.494. The van der Waals surface area contributed by atoms with Gasteiger partial charge in [0, 0.05) is 6.04 Å². The Hall–Kier alpha value is -0.550. The second-order valence-corrected chi connectivity index (χ2v) is 3.17. The first-order valence-electron chi connectivity index (χ1n) is 4.95. The average molecular weight is 168 g/mol. The summed E-state index contributed by atoms with van der Waals surface area (Å²) in [4.78, 5) is 0. The number of nitrogens with one attached hydrogen (secondary N) is 1. The van der Waals surface area contributed by atoms with Gasteiger partial charge in [-0.25, -0.2) is 0 Å². The van der Waals surface area contributed by atoms with Gasteiger partial charge in [-0.3, -0.25) is 0 Å². The predicted molar refractivity (Wildman–Crippen MR) is 51.8 cm³/mol. The standard InChI is InChI=1S/C10H20N2/c1-3-5-7-10(6-4-2)12-9-8-11/h10,12H,3-7,9H2,1-2H3. The van der Waals surface area contributed by atoms with E-state index in [9.17, 15) is 0 Å². The Morgan fingerprint density at radius 2 is 2.00 bits per heavy atom. The van der Waals surface area contributed by atoms with Gasteiger partial charge in [-0.05, 0) is 12.8 Å². The first kappa shape index (κ1) is 11.4. The fourth-order valence-corrected chi connectivity index (χ4v) is 1.34. The molecule has 0 aliphatic rings. The van der Waals surface area contributed by atoms with Crippen molar-refractivity contribution < 1.29 is 0 Å². The van der Waals surface area contributed by atoms with Crippen LogP contribution in [0.3, 0.4) is 0 Å². The highest BCUT2D eigenvalue weighted by molar-refractivity contribution is 4.77. The van der Waals surface area contributed by atoms with E-state index < -0.39 is 0 Å². The van der Waals surface area contributed by atoms with E-state index in [-0.39, 0.29) is 0 Å². The number of nitriles is 1. The lowest BCUT2D eigenvalue weighted by molar-refractivity contribution is 0.454. The summed E-state index contributed by atoms with van der Waals surface area (Å²) in [6.07, 6.45) is 6.12. The summed E-state index contributed by atoms with van der Waals surface area (Å²) in [6.45, 7) is 4.88. The van der Waals surface area contributed by atoms with E-state index in [0.717, 1.165) is 0 Å². The Balaban J connectivity index is 3.48. The number of unbranched alkanes of at least 4 members (excludes halogenated alkanes) is 1. The summed E-state index contributed by atoms with van der Waals surface area (Å²) >= 11 is 0. The van der Waals surface area contributed by atoms with Crippen LogP contribution in [0, 0.1) is 11.3 Å². The maximum absolute atomic E-state index is 8.40. The molecule has 0 aliphatic carbocycles. The van der Waals surface area contributed by atoms with Crippen molar-refractivity contribution in [1.82, 2.24) is 5.32 Å². The molecule has 0 saturated carbocycles. The maximum Gasteiger partial charge on any atom is 0.0843 e. The molecule has 0 fully saturated rings. The summed E-state index contributed by atoms with van der Waals surface area (Å²) in [5.41, 5.74) is 0. The van der Waals surface area contributed by atoms with E-state index in [1.807, 2.05) is 0 Å². The minimum atomic E-state index is 0.494. The molecule has 1 N–H and O–H groups in total. The summed E-state index contributed by atoms with van der Waals surface area (Å²) in [5.74, 6) is 0. The van der Waals surface area contributed by atoms with Crippen molar-refractivity contribution in [2.24, 2.45) is 0 Å². The molecule has 0 rings (SSSR count). The van der Waals surface area contributed by atoms with Crippen LogP contribution >= 0.6 is 0 Å². The Morgan fingerprint density at radius 3 is 2.50 bits per heavy atom.